The lowest BCUT2D eigenvalue weighted by Gasteiger charge is -2.16. The Morgan fingerprint density at radius 3 is 2.79 bits per heavy atom. The Bertz CT molecular complexity index is 766. The van der Waals surface area contributed by atoms with E-state index in [1.54, 1.807) is 12.1 Å². The van der Waals surface area contributed by atoms with Gasteiger partial charge in [-0.25, -0.2) is 9.18 Å². The maximum atomic E-state index is 13.9. The summed E-state index contributed by atoms with van der Waals surface area (Å²) in [7, 11) is 0. The predicted molar refractivity (Wildman–Crippen MR) is 105 cm³/mol. The fraction of sp³-hybridized carbons (Fsp3) is 0.571. The summed E-state index contributed by atoms with van der Waals surface area (Å²) >= 11 is 0. The number of benzene rings is 1. The van der Waals surface area contributed by atoms with Gasteiger partial charge in [-0.2, -0.15) is 0 Å². The summed E-state index contributed by atoms with van der Waals surface area (Å²) in [6.45, 7) is 3.02. The van der Waals surface area contributed by atoms with Gasteiger partial charge in [0.25, 0.3) is 0 Å². The molecular weight excluding hydrogens is 377 g/mol. The zero-order chi connectivity index (χ0) is 20.8. The molecule has 1 saturated heterocycles. The lowest BCUT2D eigenvalue weighted by molar-refractivity contribution is -0.122. The van der Waals surface area contributed by atoms with Crippen LogP contribution in [0.2, 0.25) is 0 Å². The van der Waals surface area contributed by atoms with E-state index in [1.165, 1.54) is 11.0 Å². The van der Waals surface area contributed by atoms with Crippen molar-refractivity contribution in [3.05, 3.63) is 29.6 Å². The average Bonchev–Trinajstić information content (AvgIpc) is 3.44. The van der Waals surface area contributed by atoms with Crippen LogP contribution in [0.15, 0.2) is 18.2 Å². The van der Waals surface area contributed by atoms with Gasteiger partial charge in [-0.05, 0) is 56.2 Å². The molecule has 3 rings (SSSR count). The molecule has 0 radical (unpaired) electrons. The number of hydrogen-bond acceptors (Lipinski definition) is 4. The summed E-state index contributed by atoms with van der Waals surface area (Å²) in [4.78, 5) is 36.2. The first-order chi connectivity index (χ1) is 13.9. The maximum Gasteiger partial charge on any atom is 0.324 e. The molecule has 7 nitrogen and oxygen atoms in total. The normalized spacial score (nSPS) is 17.2. The molecule has 4 amide bonds. The van der Waals surface area contributed by atoms with Crippen LogP contribution >= 0.6 is 0 Å². The molecule has 0 bridgehead atoms. The number of hydrogen-bond donors (Lipinski definition) is 2. The lowest BCUT2D eigenvalue weighted by atomic mass is 10.1. The molecule has 1 aromatic carbocycles. The van der Waals surface area contributed by atoms with Crippen LogP contribution in [0.4, 0.5) is 9.18 Å². The molecule has 2 aliphatic rings. The highest BCUT2D eigenvalue weighted by Gasteiger charge is 2.25. The van der Waals surface area contributed by atoms with Crippen molar-refractivity contribution >= 4 is 17.8 Å². The van der Waals surface area contributed by atoms with Crippen LogP contribution < -0.4 is 15.4 Å². The smallest absolute Gasteiger partial charge is 0.324 e. The van der Waals surface area contributed by atoms with Crippen LogP contribution in [0.1, 0.15) is 57.1 Å². The molecule has 1 aromatic rings. The molecule has 158 valence electrons. The molecule has 1 atom stereocenters. The van der Waals surface area contributed by atoms with E-state index in [2.05, 4.69) is 10.6 Å². The fourth-order valence-corrected chi connectivity index (χ4v) is 3.22. The number of ether oxygens (including phenoxy) is 1. The van der Waals surface area contributed by atoms with Crippen molar-refractivity contribution in [2.45, 2.75) is 51.5 Å². The lowest BCUT2D eigenvalue weighted by Crippen LogP contribution is -2.29. The van der Waals surface area contributed by atoms with Gasteiger partial charge in [-0.3, -0.25) is 14.9 Å². The SMILES string of the molecule is CC(NC(=O)CCCCCN1CC(=O)NC1=O)c1ccc(F)c(OCC2CC2)c1. The summed E-state index contributed by atoms with van der Waals surface area (Å²) < 4.78 is 19.5. The van der Waals surface area contributed by atoms with Crippen molar-refractivity contribution in [1.29, 1.82) is 0 Å². The fourth-order valence-electron chi connectivity index (χ4n) is 3.22. The first-order valence-electron chi connectivity index (χ1n) is 10.2. The number of nitrogens with one attached hydrogen (secondary N) is 2. The second kappa shape index (κ2) is 9.71. The molecule has 2 fully saturated rings. The van der Waals surface area contributed by atoms with Gasteiger partial charge >= 0.3 is 6.03 Å². The van der Waals surface area contributed by atoms with E-state index in [-0.39, 0.29) is 42.0 Å². The minimum absolute atomic E-state index is 0.0728. The molecule has 1 unspecified atom stereocenters. The van der Waals surface area contributed by atoms with E-state index in [0.717, 1.165) is 31.2 Å². The largest absolute Gasteiger partial charge is 0.490 e. The third-order valence-corrected chi connectivity index (χ3v) is 5.20. The summed E-state index contributed by atoms with van der Waals surface area (Å²) in [5, 5.41) is 5.17. The summed E-state index contributed by atoms with van der Waals surface area (Å²) in [5.74, 6) is 0.0402. The zero-order valence-electron chi connectivity index (χ0n) is 16.7. The molecule has 0 spiro atoms. The Kier molecular flexibility index (Phi) is 7.06. The highest BCUT2D eigenvalue weighted by atomic mass is 19.1. The second-order valence-corrected chi connectivity index (χ2v) is 7.82. The molecule has 29 heavy (non-hydrogen) atoms. The van der Waals surface area contributed by atoms with Crippen LogP contribution in [-0.4, -0.2) is 42.4 Å². The van der Waals surface area contributed by atoms with E-state index in [9.17, 15) is 18.8 Å². The Balaban J connectivity index is 1.35. The quantitative estimate of drug-likeness (QED) is 0.438. The minimum atomic E-state index is -0.388. The van der Waals surface area contributed by atoms with E-state index in [4.69, 9.17) is 4.74 Å². The van der Waals surface area contributed by atoms with Crippen LogP contribution in [0.3, 0.4) is 0 Å². The van der Waals surface area contributed by atoms with Gasteiger partial charge in [0.05, 0.1) is 12.6 Å². The number of amides is 4. The number of urea groups is 1. The van der Waals surface area contributed by atoms with Crippen LogP contribution in [0.25, 0.3) is 0 Å². The number of carbonyl (C=O) groups is 3. The third kappa shape index (κ3) is 6.44. The number of halogens is 1. The summed E-state index contributed by atoms with van der Waals surface area (Å²) in [6.07, 6.45) is 4.87. The van der Waals surface area contributed by atoms with Crippen LogP contribution in [-0.2, 0) is 9.59 Å². The van der Waals surface area contributed by atoms with E-state index in [0.29, 0.717) is 31.9 Å². The van der Waals surface area contributed by atoms with E-state index < -0.39 is 0 Å². The minimum Gasteiger partial charge on any atom is -0.490 e. The number of carbonyl (C=O) groups excluding carboxylic acids is 3. The van der Waals surface area contributed by atoms with Gasteiger partial charge in [-0.1, -0.05) is 12.5 Å². The van der Waals surface area contributed by atoms with Gasteiger partial charge in [0, 0.05) is 13.0 Å². The van der Waals surface area contributed by atoms with E-state index in [1.807, 2.05) is 6.92 Å². The number of unbranched alkanes of at least 4 members (excludes halogenated alkanes) is 2. The topological polar surface area (TPSA) is 87.7 Å². The molecule has 0 aromatic heterocycles. The Morgan fingerprint density at radius 1 is 1.31 bits per heavy atom. The second-order valence-electron chi connectivity index (χ2n) is 7.82. The monoisotopic (exact) mass is 405 g/mol. The molecular formula is C21H28FN3O4. The van der Waals surface area contributed by atoms with Crippen LogP contribution in [0.5, 0.6) is 5.75 Å². The molecule has 2 N–H and O–H groups in total. The Hall–Kier alpha value is -2.64. The summed E-state index contributed by atoms with van der Waals surface area (Å²) in [6, 6.07) is 4.10. The van der Waals surface area contributed by atoms with Gasteiger partial charge in [0.1, 0.15) is 6.54 Å². The van der Waals surface area contributed by atoms with Gasteiger partial charge in [-0.15, -0.1) is 0 Å². The van der Waals surface area contributed by atoms with E-state index >= 15 is 0 Å². The Labute approximate surface area is 170 Å². The number of nitrogens with zero attached hydrogens (tertiary/aromatic N) is 1. The van der Waals surface area contributed by atoms with Crippen molar-refractivity contribution in [3.63, 3.8) is 0 Å². The number of imide groups is 1. The third-order valence-electron chi connectivity index (χ3n) is 5.20. The first kappa shape index (κ1) is 21.1. The molecule has 1 saturated carbocycles. The standard InChI is InChI=1S/C21H28FN3O4/c1-14(16-8-9-17(22)18(11-16)29-13-15-6-7-15)23-19(26)5-3-2-4-10-25-12-20(27)24-21(25)28/h8-9,11,14-15H,2-7,10,12-13H2,1H3,(H,23,26)(H,24,27,28). The van der Waals surface area contributed by atoms with Crippen LogP contribution in [0, 0.1) is 11.7 Å². The number of rotatable bonds is 11. The predicted octanol–water partition coefficient (Wildman–Crippen LogP) is 2.90. The molecule has 1 aliphatic heterocycles. The molecule has 1 aliphatic carbocycles. The van der Waals surface area contributed by atoms with Crippen molar-refractivity contribution in [2.24, 2.45) is 5.92 Å². The van der Waals surface area contributed by atoms with Crippen molar-refractivity contribution in [3.8, 4) is 5.75 Å². The molecule has 1 heterocycles. The highest BCUT2D eigenvalue weighted by Crippen LogP contribution is 2.31. The average molecular weight is 405 g/mol. The zero-order valence-corrected chi connectivity index (χ0v) is 16.7. The van der Waals surface area contributed by atoms with Gasteiger partial charge in [0.2, 0.25) is 11.8 Å². The highest BCUT2D eigenvalue weighted by molar-refractivity contribution is 6.01. The first-order valence-corrected chi connectivity index (χ1v) is 10.2. The van der Waals surface area contributed by atoms with Gasteiger partial charge in [0.15, 0.2) is 11.6 Å². The van der Waals surface area contributed by atoms with Crippen molar-refractivity contribution < 1.29 is 23.5 Å². The molecule has 8 heteroatoms. The summed E-state index contributed by atoms with van der Waals surface area (Å²) in [5.41, 5.74) is 0.801. The maximum absolute atomic E-state index is 13.9. The van der Waals surface area contributed by atoms with Crippen molar-refractivity contribution in [2.75, 3.05) is 19.7 Å². The Morgan fingerprint density at radius 2 is 2.10 bits per heavy atom. The van der Waals surface area contributed by atoms with Gasteiger partial charge < -0.3 is 15.0 Å². The van der Waals surface area contributed by atoms with Crippen molar-refractivity contribution in [1.82, 2.24) is 15.5 Å².